The van der Waals surface area contributed by atoms with Gasteiger partial charge in [-0.25, -0.2) is 0 Å². The van der Waals surface area contributed by atoms with Gasteiger partial charge in [-0.3, -0.25) is 4.79 Å². The molecule has 0 saturated heterocycles. The first-order valence-electron chi connectivity index (χ1n) is 5.04. The lowest BCUT2D eigenvalue weighted by molar-refractivity contribution is -0.145. The second kappa shape index (κ2) is 6.44. The summed E-state index contributed by atoms with van der Waals surface area (Å²) in [4.78, 5) is 11.0. The number of rotatable bonds is 7. The summed E-state index contributed by atoms with van der Waals surface area (Å²) < 4.78 is 0. The molecule has 0 unspecified atom stereocenters. The predicted molar refractivity (Wildman–Crippen MR) is 57.0 cm³/mol. The van der Waals surface area contributed by atoms with Gasteiger partial charge in [-0.05, 0) is 25.8 Å². The van der Waals surface area contributed by atoms with Crippen molar-refractivity contribution in [3.8, 4) is 12.3 Å². The number of nitrogens with one attached hydrogen (secondary N) is 1. The Morgan fingerprint density at radius 3 is 2.43 bits per heavy atom. The monoisotopic (exact) mass is 197 g/mol. The van der Waals surface area contributed by atoms with Crippen LogP contribution >= 0.6 is 0 Å². The van der Waals surface area contributed by atoms with E-state index in [1.807, 2.05) is 13.8 Å². The molecule has 0 saturated carbocycles. The molecular weight excluding hydrogens is 178 g/mol. The first kappa shape index (κ1) is 13.0. The van der Waals surface area contributed by atoms with Crippen molar-refractivity contribution in [1.29, 1.82) is 0 Å². The lowest BCUT2D eigenvalue weighted by Gasteiger charge is -2.28. The van der Waals surface area contributed by atoms with Crippen LogP contribution in [0.3, 0.4) is 0 Å². The zero-order chi connectivity index (χ0) is 11.0. The van der Waals surface area contributed by atoms with E-state index in [1.165, 1.54) is 0 Å². The third kappa shape index (κ3) is 3.39. The van der Waals surface area contributed by atoms with E-state index in [0.717, 1.165) is 6.42 Å². The summed E-state index contributed by atoms with van der Waals surface area (Å²) in [5.74, 6) is 1.76. The summed E-state index contributed by atoms with van der Waals surface area (Å²) in [6.07, 6.45) is 7.81. The van der Waals surface area contributed by atoms with Crippen LogP contribution in [0.5, 0.6) is 0 Å². The van der Waals surface area contributed by atoms with Gasteiger partial charge in [-0.15, -0.1) is 12.3 Å². The minimum Gasteiger partial charge on any atom is -0.480 e. The second-order valence-corrected chi connectivity index (χ2v) is 3.33. The highest BCUT2D eigenvalue weighted by Gasteiger charge is 2.33. The van der Waals surface area contributed by atoms with Gasteiger partial charge in [0.05, 0.1) is 0 Å². The summed E-state index contributed by atoms with van der Waals surface area (Å²) in [6.45, 7) is 4.43. The fraction of sp³-hybridized carbons (Fsp3) is 0.727. The molecule has 0 atom stereocenters. The number of hydrogen-bond acceptors (Lipinski definition) is 2. The van der Waals surface area contributed by atoms with Gasteiger partial charge >= 0.3 is 5.97 Å². The van der Waals surface area contributed by atoms with Gasteiger partial charge in [0, 0.05) is 6.42 Å². The molecule has 0 spiro atoms. The van der Waals surface area contributed by atoms with E-state index in [2.05, 4.69) is 11.2 Å². The maximum atomic E-state index is 11.0. The van der Waals surface area contributed by atoms with E-state index in [4.69, 9.17) is 11.5 Å². The largest absolute Gasteiger partial charge is 0.480 e. The molecule has 0 radical (unpaired) electrons. The van der Waals surface area contributed by atoms with Crippen molar-refractivity contribution in [2.24, 2.45) is 0 Å². The Kier molecular flexibility index (Phi) is 5.98. The van der Waals surface area contributed by atoms with Crippen LogP contribution in [-0.2, 0) is 4.79 Å². The predicted octanol–water partition coefficient (Wildman–Crippen LogP) is 1.63. The summed E-state index contributed by atoms with van der Waals surface area (Å²) >= 11 is 0. The zero-order valence-electron chi connectivity index (χ0n) is 8.97. The van der Waals surface area contributed by atoms with Gasteiger partial charge in [0.2, 0.25) is 0 Å². The molecule has 0 heterocycles. The Labute approximate surface area is 85.9 Å². The Hall–Kier alpha value is -1.01. The van der Waals surface area contributed by atoms with Crippen molar-refractivity contribution in [2.45, 2.75) is 45.1 Å². The van der Waals surface area contributed by atoms with Crippen molar-refractivity contribution < 1.29 is 9.90 Å². The molecule has 0 aromatic heterocycles. The summed E-state index contributed by atoms with van der Waals surface area (Å²) in [6, 6.07) is 0. The van der Waals surface area contributed by atoms with Gasteiger partial charge in [0.25, 0.3) is 0 Å². The lowest BCUT2D eigenvalue weighted by atomic mass is 9.93. The molecular formula is C11H19NO2. The van der Waals surface area contributed by atoms with Gasteiger partial charge in [0.15, 0.2) is 0 Å². The molecule has 0 aromatic rings. The topological polar surface area (TPSA) is 49.3 Å². The molecule has 3 heteroatoms. The fourth-order valence-corrected chi connectivity index (χ4v) is 1.40. The van der Waals surface area contributed by atoms with Gasteiger partial charge in [0.1, 0.15) is 5.54 Å². The molecule has 0 aromatic carbocycles. The number of aliphatic carboxylic acids is 1. The van der Waals surface area contributed by atoms with Crippen LogP contribution in [0.25, 0.3) is 0 Å². The molecule has 0 fully saturated rings. The zero-order valence-corrected chi connectivity index (χ0v) is 8.97. The highest BCUT2D eigenvalue weighted by atomic mass is 16.4. The van der Waals surface area contributed by atoms with E-state index in [1.54, 1.807) is 0 Å². The third-order valence-electron chi connectivity index (χ3n) is 2.58. The van der Waals surface area contributed by atoms with Crippen LogP contribution in [-0.4, -0.2) is 23.2 Å². The van der Waals surface area contributed by atoms with Crippen LogP contribution in [0.15, 0.2) is 0 Å². The minimum atomic E-state index is -0.775. The quantitative estimate of drug-likeness (QED) is 0.482. The standard InChI is InChI=1S/C11H19NO2/c1-4-7-8-9-12-11(5-2,6-3)10(13)14/h1,12H,5-9H2,2-3H3,(H,13,14). The van der Waals surface area contributed by atoms with E-state index < -0.39 is 11.5 Å². The Morgan fingerprint density at radius 2 is 2.07 bits per heavy atom. The number of carboxylic acid groups (broad SMARTS) is 1. The Morgan fingerprint density at radius 1 is 1.50 bits per heavy atom. The van der Waals surface area contributed by atoms with E-state index in [0.29, 0.717) is 25.8 Å². The third-order valence-corrected chi connectivity index (χ3v) is 2.58. The Balaban J connectivity index is 4.10. The fourth-order valence-electron chi connectivity index (χ4n) is 1.40. The number of hydrogen-bond donors (Lipinski definition) is 2. The highest BCUT2D eigenvalue weighted by molar-refractivity contribution is 5.78. The molecule has 2 N–H and O–H groups in total. The number of carboxylic acids is 1. The first-order chi connectivity index (χ1) is 6.63. The van der Waals surface area contributed by atoms with E-state index >= 15 is 0 Å². The van der Waals surface area contributed by atoms with E-state index in [-0.39, 0.29) is 0 Å². The first-order valence-corrected chi connectivity index (χ1v) is 5.04. The molecule has 0 aliphatic rings. The smallest absolute Gasteiger partial charge is 0.323 e. The average molecular weight is 197 g/mol. The van der Waals surface area contributed by atoms with Crippen molar-refractivity contribution in [2.75, 3.05) is 6.54 Å². The molecule has 14 heavy (non-hydrogen) atoms. The van der Waals surface area contributed by atoms with Crippen LogP contribution in [0.4, 0.5) is 0 Å². The maximum absolute atomic E-state index is 11.0. The van der Waals surface area contributed by atoms with Crippen molar-refractivity contribution in [3.63, 3.8) is 0 Å². The van der Waals surface area contributed by atoms with Gasteiger partial charge in [-0.1, -0.05) is 13.8 Å². The Bertz CT molecular complexity index is 214. The molecule has 0 amide bonds. The van der Waals surface area contributed by atoms with Crippen LogP contribution in [0.1, 0.15) is 39.5 Å². The normalized spacial score (nSPS) is 10.9. The molecule has 3 nitrogen and oxygen atoms in total. The highest BCUT2D eigenvalue weighted by Crippen LogP contribution is 2.15. The lowest BCUT2D eigenvalue weighted by Crippen LogP contribution is -2.51. The summed E-state index contributed by atoms with van der Waals surface area (Å²) in [7, 11) is 0. The van der Waals surface area contributed by atoms with Crippen LogP contribution < -0.4 is 5.32 Å². The van der Waals surface area contributed by atoms with Crippen LogP contribution in [0.2, 0.25) is 0 Å². The second-order valence-electron chi connectivity index (χ2n) is 3.33. The van der Waals surface area contributed by atoms with Crippen LogP contribution in [0, 0.1) is 12.3 Å². The average Bonchev–Trinajstić information content (AvgIpc) is 2.18. The summed E-state index contributed by atoms with van der Waals surface area (Å²) in [5.41, 5.74) is -0.769. The molecule has 0 aliphatic heterocycles. The van der Waals surface area contributed by atoms with Crippen molar-refractivity contribution in [1.82, 2.24) is 5.32 Å². The number of carbonyl (C=O) groups is 1. The molecule has 0 aliphatic carbocycles. The number of unbranched alkanes of at least 4 members (excludes halogenated alkanes) is 1. The molecule has 0 bridgehead atoms. The van der Waals surface area contributed by atoms with Crippen molar-refractivity contribution in [3.05, 3.63) is 0 Å². The maximum Gasteiger partial charge on any atom is 0.323 e. The summed E-state index contributed by atoms with van der Waals surface area (Å²) in [5, 5.41) is 12.1. The molecule has 0 rings (SSSR count). The van der Waals surface area contributed by atoms with E-state index in [9.17, 15) is 4.79 Å². The minimum absolute atomic E-state index is 0.592. The number of terminal acetylenes is 1. The van der Waals surface area contributed by atoms with Gasteiger partial charge < -0.3 is 10.4 Å². The SMILES string of the molecule is C#CCCCNC(CC)(CC)C(=O)O. The van der Waals surface area contributed by atoms with Crippen molar-refractivity contribution >= 4 is 5.97 Å². The molecule has 80 valence electrons. The van der Waals surface area contributed by atoms with Gasteiger partial charge in [-0.2, -0.15) is 0 Å².